The number of hydrogen-bond donors (Lipinski definition) is 2. The van der Waals surface area contributed by atoms with Crippen molar-refractivity contribution in [1.82, 2.24) is 9.71 Å². The molecule has 2 N–H and O–H groups in total. The summed E-state index contributed by atoms with van der Waals surface area (Å²) in [7, 11) is -3.60. The topological polar surface area (TPSA) is 88.2 Å². The van der Waals surface area contributed by atoms with Crippen molar-refractivity contribution >= 4 is 32.4 Å². The van der Waals surface area contributed by atoms with Crippen LogP contribution in [0.3, 0.4) is 0 Å². The largest absolute Gasteiger partial charge is 0.298 e. The van der Waals surface area contributed by atoms with Crippen LogP contribution in [-0.4, -0.2) is 24.8 Å². The average Bonchev–Trinajstić information content (AvgIpc) is 2.89. The summed E-state index contributed by atoms with van der Waals surface area (Å²) in [4.78, 5) is 16.1. The standard InChI is InChI=1S/C14H17N3O3S2/c1-14(2,3)17-22(19,20)11-6-4-10(5-7-11)12(18)16-13-15-8-9-21-13/h4-9,17H,1-3H3,(H,15,16,18). The molecule has 1 amide bonds. The molecule has 6 nitrogen and oxygen atoms in total. The van der Waals surface area contributed by atoms with E-state index in [1.807, 2.05) is 0 Å². The van der Waals surface area contributed by atoms with Gasteiger partial charge in [-0.3, -0.25) is 10.1 Å². The van der Waals surface area contributed by atoms with Gasteiger partial charge in [-0.1, -0.05) is 0 Å². The second-order valence-electron chi connectivity index (χ2n) is 5.67. The normalized spacial score (nSPS) is 12.1. The number of amides is 1. The summed E-state index contributed by atoms with van der Waals surface area (Å²) in [5, 5.41) is 4.89. The monoisotopic (exact) mass is 339 g/mol. The molecule has 0 bridgehead atoms. The first-order valence-electron chi connectivity index (χ1n) is 6.52. The number of nitrogens with zero attached hydrogens (tertiary/aromatic N) is 1. The number of thiazole rings is 1. The highest BCUT2D eigenvalue weighted by atomic mass is 32.2. The van der Waals surface area contributed by atoms with Crippen molar-refractivity contribution in [1.29, 1.82) is 0 Å². The fourth-order valence-electron chi connectivity index (χ4n) is 1.70. The predicted octanol–water partition coefficient (Wildman–Crippen LogP) is 2.47. The average molecular weight is 339 g/mol. The van der Waals surface area contributed by atoms with E-state index in [0.29, 0.717) is 10.7 Å². The van der Waals surface area contributed by atoms with Crippen molar-refractivity contribution in [3.05, 3.63) is 41.4 Å². The summed E-state index contributed by atoms with van der Waals surface area (Å²) in [6.45, 7) is 5.29. The number of carbonyl (C=O) groups excluding carboxylic acids is 1. The maximum absolute atomic E-state index is 12.2. The van der Waals surface area contributed by atoms with Crippen LogP contribution in [0.2, 0.25) is 0 Å². The SMILES string of the molecule is CC(C)(C)NS(=O)(=O)c1ccc(C(=O)Nc2nccs2)cc1. The fourth-order valence-corrected chi connectivity index (χ4v) is 3.64. The Morgan fingerprint density at radius 1 is 1.18 bits per heavy atom. The van der Waals surface area contributed by atoms with Crippen LogP contribution in [0.1, 0.15) is 31.1 Å². The Morgan fingerprint density at radius 3 is 2.32 bits per heavy atom. The Balaban J connectivity index is 2.15. The molecule has 8 heteroatoms. The lowest BCUT2D eigenvalue weighted by Crippen LogP contribution is -2.40. The van der Waals surface area contributed by atoms with Gasteiger partial charge in [-0.2, -0.15) is 0 Å². The first-order chi connectivity index (χ1) is 10.2. The molecular weight excluding hydrogens is 322 g/mol. The molecule has 118 valence electrons. The van der Waals surface area contributed by atoms with Gasteiger partial charge in [-0.25, -0.2) is 18.1 Å². The maximum Gasteiger partial charge on any atom is 0.257 e. The van der Waals surface area contributed by atoms with E-state index in [0.717, 1.165) is 0 Å². The Bertz CT molecular complexity index is 746. The molecule has 0 unspecified atom stereocenters. The number of benzene rings is 1. The second-order valence-corrected chi connectivity index (χ2v) is 8.25. The minimum atomic E-state index is -3.60. The molecule has 0 aliphatic heterocycles. The highest BCUT2D eigenvalue weighted by Gasteiger charge is 2.22. The van der Waals surface area contributed by atoms with Crippen LogP contribution >= 0.6 is 11.3 Å². The van der Waals surface area contributed by atoms with Crippen LogP contribution < -0.4 is 10.0 Å². The van der Waals surface area contributed by atoms with Crippen LogP contribution in [0.15, 0.2) is 40.7 Å². The molecule has 0 aliphatic carbocycles. The molecule has 0 saturated carbocycles. The first kappa shape index (κ1) is 16.6. The van der Waals surface area contributed by atoms with Gasteiger partial charge < -0.3 is 0 Å². The van der Waals surface area contributed by atoms with Gasteiger partial charge in [0.1, 0.15) is 0 Å². The summed E-state index contributed by atoms with van der Waals surface area (Å²) in [6, 6.07) is 5.76. The summed E-state index contributed by atoms with van der Waals surface area (Å²) in [6.07, 6.45) is 1.59. The lowest BCUT2D eigenvalue weighted by atomic mass is 10.1. The van der Waals surface area contributed by atoms with Gasteiger partial charge in [-0.05, 0) is 45.0 Å². The van der Waals surface area contributed by atoms with Crippen molar-refractivity contribution in [2.45, 2.75) is 31.2 Å². The third-order valence-corrected chi connectivity index (χ3v) is 4.98. The van der Waals surface area contributed by atoms with Gasteiger partial charge in [0.15, 0.2) is 5.13 Å². The molecule has 0 atom stereocenters. The molecule has 1 aromatic heterocycles. The number of sulfonamides is 1. The first-order valence-corrected chi connectivity index (χ1v) is 8.88. The predicted molar refractivity (Wildman–Crippen MR) is 86.6 cm³/mol. The van der Waals surface area contributed by atoms with Crippen molar-refractivity contribution in [3.8, 4) is 0 Å². The van der Waals surface area contributed by atoms with Crippen molar-refractivity contribution < 1.29 is 13.2 Å². The van der Waals surface area contributed by atoms with Crippen molar-refractivity contribution in [2.24, 2.45) is 0 Å². The van der Waals surface area contributed by atoms with Gasteiger partial charge in [0.05, 0.1) is 4.90 Å². The van der Waals surface area contributed by atoms with Crippen molar-refractivity contribution in [3.63, 3.8) is 0 Å². The molecule has 0 aliphatic rings. The van der Waals surface area contributed by atoms with Gasteiger partial charge >= 0.3 is 0 Å². The summed E-state index contributed by atoms with van der Waals surface area (Å²) >= 11 is 1.31. The molecular formula is C14H17N3O3S2. The molecule has 2 aromatic rings. The van der Waals surface area contributed by atoms with E-state index in [1.54, 1.807) is 32.3 Å². The van der Waals surface area contributed by atoms with Crippen LogP contribution in [0.4, 0.5) is 5.13 Å². The molecule has 0 saturated heterocycles. The Kier molecular flexibility index (Phi) is 4.64. The van der Waals surface area contributed by atoms with E-state index in [1.165, 1.54) is 35.6 Å². The maximum atomic E-state index is 12.2. The lowest BCUT2D eigenvalue weighted by Gasteiger charge is -2.20. The zero-order valence-electron chi connectivity index (χ0n) is 12.5. The van der Waals surface area contributed by atoms with E-state index in [9.17, 15) is 13.2 Å². The molecule has 1 heterocycles. The number of carbonyl (C=O) groups is 1. The zero-order chi connectivity index (χ0) is 16.4. The van der Waals surface area contributed by atoms with Gasteiger partial charge in [0, 0.05) is 22.7 Å². The third-order valence-electron chi connectivity index (χ3n) is 2.52. The Morgan fingerprint density at radius 2 is 1.82 bits per heavy atom. The summed E-state index contributed by atoms with van der Waals surface area (Å²) in [5.41, 5.74) is -0.204. The highest BCUT2D eigenvalue weighted by Crippen LogP contribution is 2.16. The molecule has 1 aromatic carbocycles. The number of hydrogen-bond acceptors (Lipinski definition) is 5. The summed E-state index contributed by atoms with van der Waals surface area (Å²) in [5.74, 6) is -0.331. The van der Waals surface area contributed by atoms with Gasteiger partial charge in [-0.15, -0.1) is 11.3 Å². The number of nitrogens with one attached hydrogen (secondary N) is 2. The van der Waals surface area contributed by atoms with E-state index in [2.05, 4.69) is 15.0 Å². The zero-order valence-corrected chi connectivity index (χ0v) is 14.1. The van der Waals surface area contributed by atoms with Gasteiger partial charge in [0.25, 0.3) is 5.91 Å². The van der Waals surface area contributed by atoms with Crippen LogP contribution in [-0.2, 0) is 10.0 Å². The van der Waals surface area contributed by atoms with Gasteiger partial charge in [0.2, 0.25) is 10.0 Å². The molecule has 2 rings (SSSR count). The third kappa shape index (κ3) is 4.36. The minimum Gasteiger partial charge on any atom is -0.298 e. The van der Waals surface area contributed by atoms with Crippen LogP contribution in [0, 0.1) is 0 Å². The molecule has 0 radical (unpaired) electrons. The number of anilines is 1. The summed E-state index contributed by atoms with van der Waals surface area (Å²) < 4.78 is 26.9. The Labute approximate surface area is 133 Å². The Hall–Kier alpha value is -1.77. The quantitative estimate of drug-likeness (QED) is 0.895. The van der Waals surface area contributed by atoms with E-state index in [-0.39, 0.29) is 10.8 Å². The smallest absolute Gasteiger partial charge is 0.257 e. The van der Waals surface area contributed by atoms with E-state index < -0.39 is 15.6 Å². The highest BCUT2D eigenvalue weighted by molar-refractivity contribution is 7.89. The molecule has 0 spiro atoms. The minimum absolute atomic E-state index is 0.119. The number of aromatic nitrogens is 1. The van der Waals surface area contributed by atoms with Crippen LogP contribution in [0.25, 0.3) is 0 Å². The fraction of sp³-hybridized carbons (Fsp3) is 0.286. The van der Waals surface area contributed by atoms with Crippen LogP contribution in [0.5, 0.6) is 0 Å². The van der Waals surface area contributed by atoms with E-state index >= 15 is 0 Å². The molecule has 22 heavy (non-hydrogen) atoms. The number of rotatable bonds is 4. The second kappa shape index (κ2) is 6.15. The van der Waals surface area contributed by atoms with Crippen molar-refractivity contribution in [2.75, 3.05) is 5.32 Å². The lowest BCUT2D eigenvalue weighted by molar-refractivity contribution is 0.102. The van der Waals surface area contributed by atoms with E-state index in [4.69, 9.17) is 0 Å². The molecule has 0 fully saturated rings.